The summed E-state index contributed by atoms with van der Waals surface area (Å²) >= 11 is 0. The summed E-state index contributed by atoms with van der Waals surface area (Å²) in [5.74, 6) is 0. The van der Waals surface area contributed by atoms with E-state index in [1.54, 1.807) is 0 Å². The highest BCUT2D eigenvalue weighted by Gasteiger charge is 2.19. The molecule has 0 amide bonds. The van der Waals surface area contributed by atoms with Crippen LogP contribution in [-0.4, -0.2) is 0 Å². The number of hydrogen-bond donors (Lipinski definition) is 0. The van der Waals surface area contributed by atoms with E-state index in [9.17, 15) is 0 Å². The molecule has 2 atom stereocenters. The lowest BCUT2D eigenvalue weighted by atomic mass is 9.87. The first-order valence-corrected chi connectivity index (χ1v) is 16.9. The van der Waals surface area contributed by atoms with Crippen LogP contribution in [0.15, 0.2) is 121 Å². The van der Waals surface area contributed by atoms with Crippen molar-refractivity contribution < 1.29 is 0 Å². The van der Waals surface area contributed by atoms with Crippen LogP contribution in [0.1, 0.15) is 52.7 Å². The quantitative estimate of drug-likeness (QED) is 0.178. The van der Waals surface area contributed by atoms with Gasteiger partial charge in [-0.05, 0) is 75.8 Å². The average molecular weight is 583 g/mol. The van der Waals surface area contributed by atoms with Gasteiger partial charge in [-0.3, -0.25) is 0 Å². The lowest BCUT2D eigenvalue weighted by molar-refractivity contribution is 0.590. The van der Waals surface area contributed by atoms with Crippen LogP contribution in [0.3, 0.4) is 0 Å². The summed E-state index contributed by atoms with van der Waals surface area (Å²) in [4.78, 5) is 0. The Morgan fingerprint density at radius 1 is 0.381 bits per heavy atom. The Balaban J connectivity index is 1.54. The maximum atomic E-state index is 2.38. The van der Waals surface area contributed by atoms with Gasteiger partial charge in [-0.2, -0.15) is 0 Å². The molecule has 2 unspecified atom stereocenters. The molecule has 0 aromatic heterocycles. The van der Waals surface area contributed by atoms with Gasteiger partial charge in [0.05, 0.1) is 0 Å². The predicted molar refractivity (Wildman–Crippen MR) is 192 cm³/mol. The van der Waals surface area contributed by atoms with Crippen molar-refractivity contribution in [3.8, 4) is 11.1 Å². The lowest BCUT2D eigenvalue weighted by Gasteiger charge is -2.21. The average Bonchev–Trinajstić information content (AvgIpc) is 2.97. The molecule has 6 rings (SSSR count). The van der Waals surface area contributed by atoms with Crippen LogP contribution >= 0.6 is 17.2 Å². The molecule has 0 fully saturated rings. The van der Waals surface area contributed by atoms with E-state index in [2.05, 4.69) is 163 Å². The van der Waals surface area contributed by atoms with Gasteiger partial charge in [0, 0.05) is 0 Å². The Labute approximate surface area is 255 Å². The third-order valence-corrected chi connectivity index (χ3v) is 10.8. The third kappa shape index (κ3) is 5.95. The molecule has 0 spiro atoms. The minimum absolute atomic E-state index is 0.152. The van der Waals surface area contributed by atoms with Gasteiger partial charge in [-0.15, -0.1) is 0 Å². The SMILES string of the molecule is CC(C)(C)c1ccc(Pc2ccc3ccccc3c2-c2c(Pc3ccc(C(C)(C)C)cc3)ccc3ccccc23)cc1. The van der Waals surface area contributed by atoms with Crippen LogP contribution in [0.2, 0.25) is 0 Å². The summed E-state index contributed by atoms with van der Waals surface area (Å²) in [6.45, 7) is 13.7. The Morgan fingerprint density at radius 3 is 1.10 bits per heavy atom. The second-order valence-corrected chi connectivity index (χ2v) is 16.1. The summed E-state index contributed by atoms with van der Waals surface area (Å²) in [7, 11) is 1.15. The highest BCUT2D eigenvalue weighted by molar-refractivity contribution is 7.56. The van der Waals surface area contributed by atoms with Crippen LogP contribution in [0.4, 0.5) is 0 Å². The molecule has 0 saturated heterocycles. The maximum Gasteiger partial charge on any atom is -0.00150 e. The number of rotatable bonds is 5. The van der Waals surface area contributed by atoms with E-state index in [1.165, 1.54) is 65.0 Å². The zero-order valence-corrected chi connectivity index (χ0v) is 27.5. The van der Waals surface area contributed by atoms with Crippen LogP contribution in [0.5, 0.6) is 0 Å². The molecular weight excluding hydrogens is 542 g/mol. The fraction of sp³-hybridized carbons (Fsp3) is 0.200. The maximum absolute atomic E-state index is 2.38. The largest absolute Gasteiger partial charge is 0.0616 e. The molecule has 6 aromatic carbocycles. The fourth-order valence-corrected chi connectivity index (χ4v) is 8.10. The number of benzene rings is 6. The van der Waals surface area contributed by atoms with E-state index in [0.29, 0.717) is 17.2 Å². The van der Waals surface area contributed by atoms with Crippen LogP contribution in [-0.2, 0) is 10.8 Å². The first-order valence-electron chi connectivity index (χ1n) is 14.9. The number of fused-ring (bicyclic) bond motifs is 2. The van der Waals surface area contributed by atoms with E-state index < -0.39 is 0 Å². The Kier molecular flexibility index (Phi) is 7.83. The minimum Gasteiger partial charge on any atom is -0.0616 e. The van der Waals surface area contributed by atoms with Crippen molar-refractivity contribution in [3.63, 3.8) is 0 Å². The van der Waals surface area contributed by atoms with Gasteiger partial charge in [-0.1, -0.05) is 180 Å². The molecular formula is C40H40P2. The molecule has 0 aliphatic carbocycles. The Hall–Kier alpha value is -3.30. The van der Waals surface area contributed by atoms with E-state index in [0.717, 1.165) is 0 Å². The Morgan fingerprint density at radius 2 is 0.738 bits per heavy atom. The number of hydrogen-bond acceptors (Lipinski definition) is 0. The van der Waals surface area contributed by atoms with Crippen molar-refractivity contribution in [1.29, 1.82) is 0 Å². The van der Waals surface area contributed by atoms with Gasteiger partial charge in [0.25, 0.3) is 0 Å². The van der Waals surface area contributed by atoms with Crippen LogP contribution in [0, 0.1) is 0 Å². The van der Waals surface area contributed by atoms with Gasteiger partial charge in [0.1, 0.15) is 0 Å². The lowest BCUT2D eigenvalue weighted by Crippen LogP contribution is -2.15. The summed E-state index contributed by atoms with van der Waals surface area (Å²) < 4.78 is 0. The summed E-state index contributed by atoms with van der Waals surface area (Å²) in [6.07, 6.45) is 0. The standard InChI is InChI=1S/C40H40P2/c1-39(2,3)29-17-21-31(22-18-29)41-35-25-15-27-11-7-9-13-33(27)37(35)38-34-14-10-8-12-28(34)16-26-36(38)42-32-23-19-30(20-24-32)40(4,5)6/h7-26,41-42H,1-6H3. The van der Waals surface area contributed by atoms with E-state index >= 15 is 0 Å². The van der Waals surface area contributed by atoms with Crippen molar-refractivity contribution in [3.05, 3.63) is 132 Å². The highest BCUT2D eigenvalue weighted by atomic mass is 31.1. The molecule has 0 radical (unpaired) electrons. The van der Waals surface area contributed by atoms with Gasteiger partial charge in [0.2, 0.25) is 0 Å². The first kappa shape index (κ1) is 28.8. The minimum atomic E-state index is 0.152. The Bertz CT molecular complexity index is 1730. The zero-order valence-electron chi connectivity index (χ0n) is 25.5. The van der Waals surface area contributed by atoms with Gasteiger partial charge < -0.3 is 0 Å². The van der Waals surface area contributed by atoms with E-state index in [4.69, 9.17) is 0 Å². The van der Waals surface area contributed by atoms with Gasteiger partial charge in [-0.25, -0.2) is 0 Å². The molecule has 0 heterocycles. The fourth-order valence-electron chi connectivity index (χ4n) is 5.71. The van der Waals surface area contributed by atoms with Crippen molar-refractivity contribution in [2.75, 3.05) is 0 Å². The summed E-state index contributed by atoms with van der Waals surface area (Å²) in [5.41, 5.74) is 5.84. The molecule has 0 N–H and O–H groups in total. The van der Waals surface area contributed by atoms with Gasteiger partial charge >= 0.3 is 0 Å². The normalized spacial score (nSPS) is 12.8. The smallest absolute Gasteiger partial charge is 0.00150 e. The van der Waals surface area contributed by atoms with E-state index in [1.807, 2.05) is 0 Å². The van der Waals surface area contributed by atoms with Gasteiger partial charge in [0.15, 0.2) is 0 Å². The molecule has 0 aliphatic heterocycles. The molecule has 0 saturated carbocycles. The molecule has 210 valence electrons. The van der Waals surface area contributed by atoms with Crippen molar-refractivity contribution in [2.45, 2.75) is 52.4 Å². The predicted octanol–water partition coefficient (Wildman–Crippen LogP) is 9.51. The zero-order chi connectivity index (χ0) is 29.5. The van der Waals surface area contributed by atoms with E-state index in [-0.39, 0.29) is 10.8 Å². The molecule has 2 heteroatoms. The molecule has 6 aromatic rings. The molecule has 0 aliphatic rings. The second kappa shape index (κ2) is 11.4. The first-order chi connectivity index (χ1) is 20.1. The van der Waals surface area contributed by atoms with Crippen molar-refractivity contribution >= 4 is 59.9 Å². The third-order valence-electron chi connectivity index (χ3n) is 8.17. The monoisotopic (exact) mass is 582 g/mol. The van der Waals surface area contributed by atoms with Crippen molar-refractivity contribution in [2.24, 2.45) is 0 Å². The molecule has 0 bridgehead atoms. The topological polar surface area (TPSA) is 0 Å². The molecule has 0 nitrogen and oxygen atoms in total. The summed E-state index contributed by atoms with van der Waals surface area (Å²) in [5, 5.41) is 10.8. The van der Waals surface area contributed by atoms with Crippen LogP contribution < -0.4 is 21.2 Å². The second-order valence-electron chi connectivity index (χ2n) is 13.3. The molecule has 42 heavy (non-hydrogen) atoms. The highest BCUT2D eigenvalue weighted by Crippen LogP contribution is 2.37. The van der Waals surface area contributed by atoms with Crippen LogP contribution in [0.25, 0.3) is 32.7 Å². The summed E-state index contributed by atoms with van der Waals surface area (Å²) in [6, 6.07) is 45.8. The van der Waals surface area contributed by atoms with Crippen molar-refractivity contribution in [1.82, 2.24) is 0 Å².